The van der Waals surface area contributed by atoms with Crippen molar-refractivity contribution in [2.45, 2.75) is 33.2 Å². The van der Waals surface area contributed by atoms with E-state index in [1.54, 1.807) is 11.3 Å². The molecule has 1 aromatic rings. The standard InChI is InChI=1S/C12H19NO2S/c1-8-5-6-16-10(8)9(13)7-12(2,3)11(14)15-4/h5-6,9H,7,13H2,1-4H3. The Morgan fingerprint density at radius 1 is 1.62 bits per heavy atom. The summed E-state index contributed by atoms with van der Waals surface area (Å²) >= 11 is 1.64. The normalized spacial score (nSPS) is 13.6. The Morgan fingerprint density at radius 3 is 2.69 bits per heavy atom. The molecule has 90 valence electrons. The lowest BCUT2D eigenvalue weighted by Crippen LogP contribution is -2.30. The molecule has 0 spiro atoms. The van der Waals surface area contributed by atoms with Gasteiger partial charge in [-0.2, -0.15) is 0 Å². The highest BCUT2D eigenvalue weighted by Crippen LogP contribution is 2.33. The Balaban J connectivity index is 2.75. The molecule has 0 saturated carbocycles. The third-order valence-corrected chi connectivity index (χ3v) is 3.86. The molecule has 0 bridgehead atoms. The summed E-state index contributed by atoms with van der Waals surface area (Å²) in [6, 6.07) is 1.94. The van der Waals surface area contributed by atoms with Crippen LogP contribution in [0.3, 0.4) is 0 Å². The minimum atomic E-state index is -0.537. The van der Waals surface area contributed by atoms with E-state index in [4.69, 9.17) is 10.5 Å². The minimum Gasteiger partial charge on any atom is -0.469 e. The van der Waals surface area contributed by atoms with Crippen molar-refractivity contribution < 1.29 is 9.53 Å². The van der Waals surface area contributed by atoms with Crippen LogP contribution in [0.2, 0.25) is 0 Å². The maximum absolute atomic E-state index is 11.5. The minimum absolute atomic E-state index is 0.103. The summed E-state index contributed by atoms with van der Waals surface area (Å²) in [4.78, 5) is 12.7. The van der Waals surface area contributed by atoms with Crippen molar-refractivity contribution in [3.63, 3.8) is 0 Å². The van der Waals surface area contributed by atoms with Gasteiger partial charge in [0.15, 0.2) is 0 Å². The lowest BCUT2D eigenvalue weighted by atomic mass is 9.85. The van der Waals surface area contributed by atoms with Crippen LogP contribution in [0, 0.1) is 12.3 Å². The SMILES string of the molecule is COC(=O)C(C)(C)CC(N)c1sccc1C. The Morgan fingerprint density at radius 2 is 2.25 bits per heavy atom. The highest BCUT2D eigenvalue weighted by Gasteiger charge is 2.31. The molecule has 1 unspecified atom stereocenters. The van der Waals surface area contributed by atoms with E-state index in [9.17, 15) is 4.79 Å². The van der Waals surface area contributed by atoms with E-state index >= 15 is 0 Å². The summed E-state index contributed by atoms with van der Waals surface area (Å²) in [5.74, 6) is -0.211. The Hall–Kier alpha value is -0.870. The zero-order valence-electron chi connectivity index (χ0n) is 10.2. The van der Waals surface area contributed by atoms with Crippen molar-refractivity contribution in [2.24, 2.45) is 11.1 Å². The Kier molecular flexibility index (Phi) is 4.10. The van der Waals surface area contributed by atoms with E-state index in [1.807, 2.05) is 32.2 Å². The molecule has 0 radical (unpaired) electrons. The van der Waals surface area contributed by atoms with Crippen LogP contribution in [0.1, 0.15) is 36.8 Å². The lowest BCUT2D eigenvalue weighted by molar-refractivity contribution is -0.151. The molecule has 0 aliphatic carbocycles. The maximum Gasteiger partial charge on any atom is 0.311 e. The molecule has 1 atom stereocenters. The first kappa shape index (κ1) is 13.2. The van der Waals surface area contributed by atoms with Gasteiger partial charge in [-0.25, -0.2) is 0 Å². The van der Waals surface area contributed by atoms with Gasteiger partial charge in [-0.05, 0) is 44.2 Å². The number of nitrogens with two attached hydrogens (primary N) is 1. The molecule has 0 fully saturated rings. The van der Waals surface area contributed by atoms with Crippen LogP contribution in [-0.2, 0) is 9.53 Å². The van der Waals surface area contributed by atoms with Gasteiger partial charge in [0.25, 0.3) is 0 Å². The number of methoxy groups -OCH3 is 1. The Bertz CT molecular complexity index is 371. The average molecular weight is 241 g/mol. The number of carbonyl (C=O) groups is 1. The first-order chi connectivity index (χ1) is 7.38. The van der Waals surface area contributed by atoms with Crippen LogP contribution < -0.4 is 5.73 Å². The van der Waals surface area contributed by atoms with Gasteiger partial charge < -0.3 is 10.5 Å². The molecule has 0 aromatic carbocycles. The molecule has 1 rings (SSSR count). The zero-order chi connectivity index (χ0) is 12.3. The first-order valence-electron chi connectivity index (χ1n) is 5.26. The van der Waals surface area contributed by atoms with Crippen LogP contribution >= 0.6 is 11.3 Å². The van der Waals surface area contributed by atoms with E-state index in [1.165, 1.54) is 12.7 Å². The summed E-state index contributed by atoms with van der Waals surface area (Å²) in [5, 5.41) is 2.02. The number of aryl methyl sites for hydroxylation is 1. The van der Waals surface area contributed by atoms with E-state index in [0.717, 1.165) is 4.88 Å². The third kappa shape index (κ3) is 2.83. The number of hydrogen-bond acceptors (Lipinski definition) is 4. The fourth-order valence-electron chi connectivity index (χ4n) is 1.77. The summed E-state index contributed by atoms with van der Waals surface area (Å²) in [6.07, 6.45) is 0.598. The van der Waals surface area contributed by atoms with E-state index in [2.05, 4.69) is 0 Å². The molecular formula is C12H19NO2S. The fraction of sp³-hybridized carbons (Fsp3) is 0.583. The number of carbonyl (C=O) groups excluding carboxylic acids is 1. The first-order valence-corrected chi connectivity index (χ1v) is 6.14. The fourth-order valence-corrected chi connectivity index (χ4v) is 2.70. The molecule has 16 heavy (non-hydrogen) atoms. The van der Waals surface area contributed by atoms with Crippen LogP contribution in [0.4, 0.5) is 0 Å². The second-order valence-electron chi connectivity index (χ2n) is 4.65. The topological polar surface area (TPSA) is 52.3 Å². The summed E-state index contributed by atoms with van der Waals surface area (Å²) in [5.41, 5.74) is 6.78. The quantitative estimate of drug-likeness (QED) is 0.824. The molecule has 0 aliphatic heterocycles. The van der Waals surface area contributed by atoms with Crippen molar-refractivity contribution in [3.05, 3.63) is 21.9 Å². The van der Waals surface area contributed by atoms with Gasteiger partial charge in [0, 0.05) is 10.9 Å². The lowest BCUT2D eigenvalue weighted by Gasteiger charge is -2.25. The van der Waals surface area contributed by atoms with Gasteiger partial charge in [0.1, 0.15) is 0 Å². The van der Waals surface area contributed by atoms with Gasteiger partial charge in [-0.1, -0.05) is 0 Å². The average Bonchev–Trinajstić information content (AvgIpc) is 2.62. The van der Waals surface area contributed by atoms with Gasteiger partial charge in [0.05, 0.1) is 12.5 Å². The second kappa shape index (κ2) is 4.97. The number of esters is 1. The predicted molar refractivity (Wildman–Crippen MR) is 66.4 cm³/mol. The summed E-state index contributed by atoms with van der Waals surface area (Å²) in [6.45, 7) is 5.76. The smallest absolute Gasteiger partial charge is 0.311 e. The van der Waals surface area contributed by atoms with E-state index < -0.39 is 5.41 Å². The van der Waals surface area contributed by atoms with E-state index in [0.29, 0.717) is 6.42 Å². The largest absolute Gasteiger partial charge is 0.469 e. The van der Waals surface area contributed by atoms with Gasteiger partial charge in [0.2, 0.25) is 0 Å². The molecular weight excluding hydrogens is 222 g/mol. The predicted octanol–water partition coefficient (Wildman–Crippen LogP) is 2.65. The van der Waals surface area contributed by atoms with E-state index in [-0.39, 0.29) is 12.0 Å². The Labute approximate surface area is 101 Å². The number of hydrogen-bond donors (Lipinski definition) is 1. The van der Waals surface area contributed by atoms with Crippen LogP contribution in [-0.4, -0.2) is 13.1 Å². The number of ether oxygens (including phenoxy) is 1. The van der Waals surface area contributed by atoms with Crippen molar-refractivity contribution in [1.82, 2.24) is 0 Å². The molecule has 1 heterocycles. The van der Waals surface area contributed by atoms with Gasteiger partial charge >= 0.3 is 5.97 Å². The third-order valence-electron chi connectivity index (χ3n) is 2.71. The molecule has 0 amide bonds. The molecule has 0 saturated heterocycles. The molecule has 1 aromatic heterocycles. The molecule has 0 aliphatic rings. The summed E-state index contributed by atoms with van der Waals surface area (Å²) in [7, 11) is 1.41. The zero-order valence-corrected chi connectivity index (χ0v) is 11.1. The van der Waals surface area contributed by atoms with Gasteiger partial charge in [-0.3, -0.25) is 4.79 Å². The van der Waals surface area contributed by atoms with Crippen LogP contribution in [0.5, 0.6) is 0 Å². The molecule has 2 N–H and O–H groups in total. The van der Waals surface area contributed by atoms with Crippen molar-refractivity contribution in [1.29, 1.82) is 0 Å². The molecule has 3 nitrogen and oxygen atoms in total. The van der Waals surface area contributed by atoms with Crippen molar-refractivity contribution >= 4 is 17.3 Å². The monoisotopic (exact) mass is 241 g/mol. The van der Waals surface area contributed by atoms with Crippen molar-refractivity contribution in [2.75, 3.05) is 7.11 Å². The maximum atomic E-state index is 11.5. The number of rotatable bonds is 4. The van der Waals surface area contributed by atoms with Crippen LogP contribution in [0.15, 0.2) is 11.4 Å². The highest BCUT2D eigenvalue weighted by molar-refractivity contribution is 7.10. The highest BCUT2D eigenvalue weighted by atomic mass is 32.1. The summed E-state index contributed by atoms with van der Waals surface area (Å²) < 4.78 is 4.77. The second-order valence-corrected chi connectivity index (χ2v) is 5.60. The van der Waals surface area contributed by atoms with Gasteiger partial charge in [-0.15, -0.1) is 11.3 Å². The van der Waals surface area contributed by atoms with Crippen LogP contribution in [0.25, 0.3) is 0 Å². The van der Waals surface area contributed by atoms with Crippen molar-refractivity contribution in [3.8, 4) is 0 Å². The number of thiophene rings is 1. The molecule has 4 heteroatoms.